The second kappa shape index (κ2) is 7.96. The molecule has 0 unspecified atom stereocenters. The van der Waals surface area contributed by atoms with E-state index in [4.69, 9.17) is 0 Å². The van der Waals surface area contributed by atoms with Crippen LogP contribution in [0.2, 0.25) is 0 Å². The monoisotopic (exact) mass is 490 g/mol. The number of pyridine rings is 1. The van der Waals surface area contributed by atoms with Crippen LogP contribution in [0, 0.1) is 21.8 Å². The highest BCUT2D eigenvalue weighted by atomic mass is 32.2. The first-order chi connectivity index (χ1) is 16.9. The molecule has 0 bridgehead atoms. The molecule has 3 aromatic rings. The molecule has 4 atom stereocenters. The Labute approximate surface area is 203 Å². The number of benzene rings is 2. The molecule has 3 aliphatic heterocycles. The van der Waals surface area contributed by atoms with Crippen LogP contribution in [0.4, 0.5) is 15.8 Å². The molecule has 2 aromatic carbocycles. The molecule has 1 aromatic heterocycles. The van der Waals surface area contributed by atoms with Gasteiger partial charge in [0.15, 0.2) is 5.78 Å². The quantitative estimate of drug-likeness (QED) is 0.335. The number of nitrogens with one attached hydrogen (secondary N) is 1. The van der Waals surface area contributed by atoms with Crippen molar-refractivity contribution in [2.24, 2.45) is 5.92 Å². The summed E-state index contributed by atoms with van der Waals surface area (Å²) < 4.78 is 14.5. The number of ketones is 1. The first kappa shape index (κ1) is 21.9. The Balaban J connectivity index is 1.63. The molecule has 6 rings (SSSR count). The molecule has 2 fully saturated rings. The van der Waals surface area contributed by atoms with Crippen LogP contribution in [0.15, 0.2) is 66.9 Å². The average molecular weight is 491 g/mol. The predicted octanol–water partition coefficient (Wildman–Crippen LogP) is 3.95. The van der Waals surface area contributed by atoms with Crippen molar-refractivity contribution in [1.82, 2.24) is 9.88 Å². The van der Waals surface area contributed by atoms with E-state index in [-0.39, 0.29) is 23.2 Å². The smallest absolute Gasteiger partial charge is 0.269 e. The van der Waals surface area contributed by atoms with Gasteiger partial charge in [-0.2, -0.15) is 0 Å². The van der Waals surface area contributed by atoms with Crippen molar-refractivity contribution >= 4 is 34.8 Å². The van der Waals surface area contributed by atoms with E-state index in [1.54, 1.807) is 42.1 Å². The third-order valence-electron chi connectivity index (χ3n) is 7.25. The molecule has 1 N–H and O–H groups in total. The molecule has 3 aliphatic rings. The van der Waals surface area contributed by atoms with Gasteiger partial charge < -0.3 is 5.32 Å². The molecule has 8 nitrogen and oxygen atoms in total. The summed E-state index contributed by atoms with van der Waals surface area (Å²) in [6.45, 7) is 0. The molecule has 2 saturated heterocycles. The number of nitro benzene ring substituents is 1. The van der Waals surface area contributed by atoms with Gasteiger partial charge in [-0.3, -0.25) is 29.6 Å². The van der Waals surface area contributed by atoms with E-state index in [0.29, 0.717) is 28.4 Å². The maximum Gasteiger partial charge on any atom is 0.269 e. The Bertz CT molecular complexity index is 1390. The second-order valence-electron chi connectivity index (χ2n) is 8.88. The van der Waals surface area contributed by atoms with Gasteiger partial charge in [-0.15, -0.1) is 11.8 Å². The molecule has 0 saturated carbocycles. The third-order valence-corrected chi connectivity index (χ3v) is 8.29. The first-order valence-electron chi connectivity index (χ1n) is 11.1. The van der Waals surface area contributed by atoms with Gasteiger partial charge in [0, 0.05) is 53.2 Å². The van der Waals surface area contributed by atoms with Crippen LogP contribution in [0.25, 0.3) is 0 Å². The number of fused-ring (bicyclic) bond motifs is 4. The number of nitrogens with zero attached hydrogens (tertiary/aromatic N) is 3. The molecule has 4 heterocycles. The zero-order valence-electron chi connectivity index (χ0n) is 18.3. The lowest BCUT2D eigenvalue weighted by atomic mass is 9.70. The van der Waals surface area contributed by atoms with Gasteiger partial charge in [0.1, 0.15) is 17.1 Å². The fourth-order valence-corrected chi connectivity index (χ4v) is 7.26. The van der Waals surface area contributed by atoms with E-state index in [1.165, 1.54) is 36.5 Å². The van der Waals surface area contributed by atoms with Gasteiger partial charge in [0.05, 0.1) is 10.8 Å². The Hall–Kier alpha value is -3.63. The van der Waals surface area contributed by atoms with E-state index in [2.05, 4.69) is 10.3 Å². The molecular formula is C25H19FN4O4S. The number of hydrogen-bond acceptors (Lipinski definition) is 7. The van der Waals surface area contributed by atoms with Crippen molar-refractivity contribution in [3.05, 3.63) is 99.6 Å². The number of Topliss-reactive ketones (excluding diaryl/α,β-unsaturated/α-hetero) is 1. The number of amides is 1. The SMILES string of the molecule is O=C(c1ccccn1)[C@@H]1[C@@H](c2cccc([N+](=O)[O-])c2)[C@H]2CSCN2[C@@]12C(=O)Nc1ccc(F)cc12. The zero-order valence-corrected chi connectivity index (χ0v) is 19.1. The molecule has 10 heteroatoms. The number of anilines is 1. The van der Waals surface area contributed by atoms with Crippen LogP contribution in [0.1, 0.15) is 27.5 Å². The molecule has 0 radical (unpaired) electrons. The van der Waals surface area contributed by atoms with E-state index < -0.39 is 34.0 Å². The highest BCUT2D eigenvalue weighted by Gasteiger charge is 2.69. The molecule has 1 spiro atoms. The highest BCUT2D eigenvalue weighted by molar-refractivity contribution is 7.99. The molecule has 35 heavy (non-hydrogen) atoms. The van der Waals surface area contributed by atoms with E-state index in [9.17, 15) is 24.1 Å². The summed E-state index contributed by atoms with van der Waals surface area (Å²) in [5.74, 6) is -1.68. The van der Waals surface area contributed by atoms with Gasteiger partial charge in [0.2, 0.25) is 5.91 Å². The van der Waals surface area contributed by atoms with Crippen LogP contribution in [-0.4, -0.2) is 44.2 Å². The minimum absolute atomic E-state index is 0.0907. The van der Waals surface area contributed by atoms with Gasteiger partial charge in [-0.1, -0.05) is 18.2 Å². The average Bonchev–Trinajstić information content (AvgIpc) is 3.52. The lowest BCUT2D eigenvalue weighted by molar-refractivity contribution is -0.384. The van der Waals surface area contributed by atoms with Gasteiger partial charge in [0.25, 0.3) is 5.69 Å². The minimum atomic E-state index is -1.46. The van der Waals surface area contributed by atoms with Crippen LogP contribution in [0.5, 0.6) is 0 Å². The number of carbonyl (C=O) groups excluding carboxylic acids is 2. The van der Waals surface area contributed by atoms with Crippen molar-refractivity contribution in [1.29, 1.82) is 0 Å². The van der Waals surface area contributed by atoms with Crippen LogP contribution in [0.3, 0.4) is 0 Å². The summed E-state index contributed by atoms with van der Waals surface area (Å²) in [4.78, 5) is 45.3. The van der Waals surface area contributed by atoms with Crippen molar-refractivity contribution in [2.45, 2.75) is 17.5 Å². The van der Waals surface area contributed by atoms with Gasteiger partial charge in [-0.05, 0) is 35.9 Å². The normalized spacial score (nSPS) is 27.0. The zero-order chi connectivity index (χ0) is 24.3. The van der Waals surface area contributed by atoms with Crippen LogP contribution < -0.4 is 5.32 Å². The maximum atomic E-state index is 14.5. The summed E-state index contributed by atoms with van der Waals surface area (Å²) in [6, 6.07) is 15.1. The molecule has 176 valence electrons. The Morgan fingerprint density at radius 3 is 2.83 bits per heavy atom. The topological polar surface area (TPSA) is 105 Å². The number of aromatic nitrogens is 1. The number of carbonyl (C=O) groups is 2. The van der Waals surface area contributed by atoms with Crippen molar-refractivity contribution in [2.75, 3.05) is 16.9 Å². The number of rotatable bonds is 4. The lowest BCUT2D eigenvalue weighted by Gasteiger charge is -2.36. The predicted molar refractivity (Wildman–Crippen MR) is 128 cm³/mol. The molecule has 1 amide bonds. The summed E-state index contributed by atoms with van der Waals surface area (Å²) in [6.07, 6.45) is 1.51. The summed E-state index contributed by atoms with van der Waals surface area (Å²) in [5.41, 5.74) is 0.115. The number of non-ortho nitro benzene ring substituents is 1. The van der Waals surface area contributed by atoms with E-state index in [0.717, 1.165) is 0 Å². The maximum absolute atomic E-state index is 14.5. The molecule has 0 aliphatic carbocycles. The Morgan fingerprint density at radius 2 is 2.06 bits per heavy atom. The van der Waals surface area contributed by atoms with E-state index >= 15 is 0 Å². The van der Waals surface area contributed by atoms with Crippen molar-refractivity contribution in [3.8, 4) is 0 Å². The first-order valence-corrected chi connectivity index (χ1v) is 12.2. The number of nitro groups is 1. The minimum Gasteiger partial charge on any atom is -0.324 e. The Morgan fingerprint density at radius 1 is 1.20 bits per heavy atom. The van der Waals surface area contributed by atoms with Crippen molar-refractivity contribution < 1.29 is 18.9 Å². The summed E-state index contributed by atoms with van der Waals surface area (Å²) >= 11 is 1.62. The molecular weight excluding hydrogens is 471 g/mol. The fraction of sp³-hybridized carbons (Fsp3) is 0.240. The number of hydrogen-bond donors (Lipinski definition) is 1. The van der Waals surface area contributed by atoms with Crippen molar-refractivity contribution in [3.63, 3.8) is 0 Å². The fourth-order valence-electron chi connectivity index (χ4n) is 5.93. The van der Waals surface area contributed by atoms with Gasteiger partial charge >= 0.3 is 0 Å². The second-order valence-corrected chi connectivity index (χ2v) is 9.88. The standard InChI is InChI=1S/C25H19FN4O4S/c26-15-7-8-18-17(11-15)25(24(32)28-18)22(23(31)19-6-1-2-9-27-19)21(20-12-35-13-29(20)25)14-4-3-5-16(10-14)30(33)34/h1-11,20-22H,12-13H2,(H,28,32)/t20-,21+,22+,25-/m1/s1. The highest BCUT2D eigenvalue weighted by Crippen LogP contribution is 2.61. The third kappa shape index (κ3) is 3.06. The van der Waals surface area contributed by atoms with Gasteiger partial charge in [-0.25, -0.2) is 4.39 Å². The summed E-state index contributed by atoms with van der Waals surface area (Å²) in [7, 11) is 0. The van der Waals surface area contributed by atoms with Crippen LogP contribution in [-0.2, 0) is 10.3 Å². The largest absolute Gasteiger partial charge is 0.324 e. The van der Waals surface area contributed by atoms with Crippen LogP contribution >= 0.6 is 11.8 Å². The lowest BCUT2D eigenvalue weighted by Crippen LogP contribution is -2.52. The summed E-state index contributed by atoms with van der Waals surface area (Å²) in [5, 5.41) is 14.4. The Kier molecular flexibility index (Phi) is 4.97. The number of thioether (sulfide) groups is 1. The number of halogens is 1. The van der Waals surface area contributed by atoms with E-state index in [1.807, 2.05) is 4.90 Å².